The molecule has 0 spiro atoms. The molecule has 0 bridgehead atoms. The first kappa shape index (κ1) is 53.4. The number of rotatable bonds is 41. The van der Waals surface area contributed by atoms with Gasteiger partial charge < -0.3 is 26.2 Å². The second-order valence-corrected chi connectivity index (χ2v) is 16.5. The van der Waals surface area contributed by atoms with E-state index in [9.17, 15) is 24.5 Å². The maximum absolute atomic E-state index is 12.8. The van der Waals surface area contributed by atoms with Crippen LogP contribution in [0.15, 0.2) is 48.6 Å². The molecule has 55 heavy (non-hydrogen) atoms. The first-order chi connectivity index (χ1) is 26.8. The van der Waals surface area contributed by atoms with E-state index in [0.717, 1.165) is 57.8 Å². The van der Waals surface area contributed by atoms with Crippen molar-refractivity contribution in [3.05, 3.63) is 48.6 Å². The average Bonchev–Trinajstić information content (AvgIpc) is 3.16. The van der Waals surface area contributed by atoms with Gasteiger partial charge in [-0.2, -0.15) is 0 Å². The van der Waals surface area contributed by atoms with Gasteiger partial charge >= 0.3 is 7.82 Å². The number of nitrogens with one attached hydrogen (secondary N) is 1. The summed E-state index contributed by atoms with van der Waals surface area (Å²) in [7, 11) is -4.41. The summed E-state index contributed by atoms with van der Waals surface area (Å²) in [4.78, 5) is 22.7. The summed E-state index contributed by atoms with van der Waals surface area (Å²) in [6.07, 6.45) is 46.4. The summed E-state index contributed by atoms with van der Waals surface area (Å²) in [5.41, 5.74) is 5.35. The van der Waals surface area contributed by atoms with Gasteiger partial charge in [0, 0.05) is 6.54 Å². The predicted octanol–water partition coefficient (Wildman–Crippen LogP) is 11.5. The number of aliphatic hydroxyl groups is 2. The van der Waals surface area contributed by atoms with E-state index in [0.29, 0.717) is 12.8 Å². The highest BCUT2D eigenvalue weighted by molar-refractivity contribution is 7.47. The van der Waals surface area contributed by atoms with Crippen molar-refractivity contribution >= 4 is 13.7 Å². The fourth-order valence-corrected chi connectivity index (χ4v) is 7.01. The zero-order valence-corrected chi connectivity index (χ0v) is 36.2. The minimum Gasteiger partial charge on any atom is -0.393 e. The minimum atomic E-state index is -4.41. The van der Waals surface area contributed by atoms with E-state index in [-0.39, 0.29) is 19.6 Å². The van der Waals surface area contributed by atoms with E-state index < -0.39 is 38.6 Å². The maximum atomic E-state index is 12.8. The summed E-state index contributed by atoms with van der Waals surface area (Å²) in [5, 5.41) is 24.0. The third-order valence-electron chi connectivity index (χ3n) is 9.66. The standard InChI is InChI=1S/C45H85N2O7P/c1-3-5-7-9-11-13-15-17-18-19-20-21-22-23-24-25-26-28-30-32-34-36-42(48)40-45(50)47-43(41-54-55(51,52)53-39-38-46)44(49)37-35-33-31-29-27-16-14-12-10-8-6-4-2/h10,12,23-24,27,29,35,37,42-44,48-49H,3-9,11,13-22,25-26,28,30-34,36,38-41,46H2,1-2H3,(H,47,50)(H,51,52)/b12-10+,24-23-,29-27+,37-35+. The number of allylic oxidation sites excluding steroid dienone is 7. The Morgan fingerprint density at radius 3 is 1.56 bits per heavy atom. The second kappa shape index (κ2) is 40.6. The summed E-state index contributed by atoms with van der Waals surface area (Å²) in [6, 6.07) is -1.01. The van der Waals surface area contributed by atoms with Crippen molar-refractivity contribution in [3.63, 3.8) is 0 Å². The molecule has 0 rings (SSSR count). The van der Waals surface area contributed by atoms with Gasteiger partial charge in [-0.15, -0.1) is 0 Å². The highest BCUT2D eigenvalue weighted by Crippen LogP contribution is 2.43. The van der Waals surface area contributed by atoms with Crippen molar-refractivity contribution < 1.29 is 33.5 Å². The smallest absolute Gasteiger partial charge is 0.393 e. The summed E-state index contributed by atoms with van der Waals surface area (Å²) >= 11 is 0. The van der Waals surface area contributed by atoms with Crippen molar-refractivity contribution in [2.75, 3.05) is 19.8 Å². The SMILES string of the molecule is CCCC/C=C/CC/C=C/CC/C=C/C(O)C(COP(=O)(O)OCCN)NC(=O)CC(O)CCCCCCC/C=C\CCCCCCCCCCCCCC. The largest absolute Gasteiger partial charge is 0.472 e. The van der Waals surface area contributed by atoms with Crippen LogP contribution in [0.2, 0.25) is 0 Å². The number of phosphoric ester groups is 1. The molecule has 4 unspecified atom stereocenters. The molecule has 0 radical (unpaired) electrons. The van der Waals surface area contributed by atoms with Crippen LogP contribution in [0.5, 0.6) is 0 Å². The van der Waals surface area contributed by atoms with Gasteiger partial charge in [-0.1, -0.05) is 172 Å². The summed E-state index contributed by atoms with van der Waals surface area (Å²) in [6.45, 7) is 3.88. The maximum Gasteiger partial charge on any atom is 0.472 e. The molecule has 1 amide bonds. The lowest BCUT2D eigenvalue weighted by molar-refractivity contribution is -0.124. The van der Waals surface area contributed by atoms with Crippen LogP contribution < -0.4 is 11.1 Å². The van der Waals surface area contributed by atoms with E-state index in [1.807, 2.05) is 6.08 Å². The second-order valence-electron chi connectivity index (χ2n) is 15.1. The predicted molar refractivity (Wildman–Crippen MR) is 232 cm³/mol. The number of carbonyl (C=O) groups excluding carboxylic acids is 1. The molecule has 0 saturated heterocycles. The summed E-state index contributed by atoms with van der Waals surface area (Å²) < 4.78 is 22.0. The Morgan fingerprint density at radius 2 is 1.05 bits per heavy atom. The fraction of sp³-hybridized carbons (Fsp3) is 0.800. The fourth-order valence-electron chi connectivity index (χ4n) is 6.25. The van der Waals surface area contributed by atoms with Gasteiger partial charge in [-0.25, -0.2) is 4.57 Å². The van der Waals surface area contributed by atoms with Gasteiger partial charge in [-0.3, -0.25) is 13.8 Å². The highest BCUT2D eigenvalue weighted by Gasteiger charge is 2.27. The molecule has 0 aliphatic heterocycles. The molecule has 322 valence electrons. The molecule has 0 aromatic carbocycles. The number of carbonyl (C=O) groups is 1. The molecular formula is C45H85N2O7P. The lowest BCUT2D eigenvalue weighted by atomic mass is 10.0. The third-order valence-corrected chi connectivity index (χ3v) is 10.6. The van der Waals surface area contributed by atoms with E-state index in [4.69, 9.17) is 14.8 Å². The number of amides is 1. The van der Waals surface area contributed by atoms with E-state index >= 15 is 0 Å². The van der Waals surface area contributed by atoms with Gasteiger partial charge in [-0.05, 0) is 64.2 Å². The van der Waals surface area contributed by atoms with Crippen LogP contribution in [0, 0.1) is 0 Å². The zero-order valence-electron chi connectivity index (χ0n) is 35.3. The Balaban J connectivity index is 4.26. The monoisotopic (exact) mass is 797 g/mol. The number of unbranched alkanes of at least 4 members (excludes halogenated alkanes) is 21. The molecule has 10 heteroatoms. The zero-order chi connectivity index (χ0) is 40.5. The van der Waals surface area contributed by atoms with Gasteiger partial charge in [0.2, 0.25) is 5.91 Å². The van der Waals surface area contributed by atoms with Crippen LogP contribution in [0.1, 0.15) is 194 Å². The number of hydrogen-bond donors (Lipinski definition) is 5. The van der Waals surface area contributed by atoms with Crippen molar-refractivity contribution in [2.24, 2.45) is 5.73 Å². The van der Waals surface area contributed by atoms with Gasteiger partial charge in [0.05, 0.1) is 37.9 Å². The van der Waals surface area contributed by atoms with Crippen molar-refractivity contribution in [1.82, 2.24) is 5.32 Å². The molecule has 0 aliphatic rings. The molecule has 0 heterocycles. The Labute approximate surface area is 337 Å². The molecule has 0 fully saturated rings. The molecular weight excluding hydrogens is 711 g/mol. The van der Waals surface area contributed by atoms with Crippen LogP contribution >= 0.6 is 7.82 Å². The molecule has 0 saturated carbocycles. The number of nitrogens with two attached hydrogens (primary N) is 1. The first-order valence-corrected chi connectivity index (χ1v) is 23.8. The Kier molecular flexibility index (Phi) is 39.4. The molecule has 4 atom stereocenters. The number of hydrogen-bond acceptors (Lipinski definition) is 7. The summed E-state index contributed by atoms with van der Waals surface area (Å²) in [5.74, 6) is -0.467. The van der Waals surface area contributed by atoms with Crippen LogP contribution in [-0.4, -0.2) is 59.0 Å². The van der Waals surface area contributed by atoms with Crippen molar-refractivity contribution in [3.8, 4) is 0 Å². The van der Waals surface area contributed by atoms with Gasteiger partial charge in [0.25, 0.3) is 0 Å². The highest BCUT2D eigenvalue weighted by atomic mass is 31.2. The lowest BCUT2D eigenvalue weighted by Crippen LogP contribution is -2.46. The van der Waals surface area contributed by atoms with E-state index in [1.54, 1.807) is 6.08 Å². The average molecular weight is 797 g/mol. The molecule has 0 aliphatic carbocycles. The van der Waals surface area contributed by atoms with Crippen LogP contribution in [0.4, 0.5) is 0 Å². The normalized spacial score (nSPS) is 15.1. The van der Waals surface area contributed by atoms with Crippen LogP contribution in [0.3, 0.4) is 0 Å². The molecule has 0 aromatic heterocycles. The Morgan fingerprint density at radius 1 is 0.618 bits per heavy atom. The third kappa shape index (κ3) is 39.0. The Hall–Kier alpha value is -1.58. The first-order valence-electron chi connectivity index (χ1n) is 22.3. The van der Waals surface area contributed by atoms with E-state index in [2.05, 4.69) is 55.6 Å². The van der Waals surface area contributed by atoms with Crippen molar-refractivity contribution in [1.29, 1.82) is 0 Å². The number of phosphoric acid groups is 1. The van der Waals surface area contributed by atoms with Gasteiger partial charge in [0.1, 0.15) is 0 Å². The van der Waals surface area contributed by atoms with Crippen molar-refractivity contribution in [2.45, 2.75) is 212 Å². The van der Waals surface area contributed by atoms with Crippen LogP contribution in [-0.2, 0) is 18.4 Å². The quantitative estimate of drug-likeness (QED) is 0.0233. The van der Waals surface area contributed by atoms with Gasteiger partial charge in [0.15, 0.2) is 0 Å². The lowest BCUT2D eigenvalue weighted by Gasteiger charge is -2.24. The minimum absolute atomic E-state index is 0.0400. The molecule has 0 aromatic rings. The molecule has 6 N–H and O–H groups in total. The Bertz CT molecular complexity index is 1020. The molecule has 9 nitrogen and oxygen atoms in total. The topological polar surface area (TPSA) is 151 Å². The number of aliphatic hydroxyl groups excluding tert-OH is 2. The van der Waals surface area contributed by atoms with Crippen LogP contribution in [0.25, 0.3) is 0 Å². The van der Waals surface area contributed by atoms with E-state index in [1.165, 1.54) is 103 Å².